The molecule has 16 heavy (non-hydrogen) atoms. The Bertz CT molecular complexity index is 347. The Hall–Kier alpha value is -1.50. The molecule has 7 heteroatoms. The number of carbonyl (C=O) groups is 1. The van der Waals surface area contributed by atoms with Crippen LogP contribution in [0.25, 0.3) is 0 Å². The molecule has 0 radical (unpaired) electrons. The Labute approximate surface area is 93.8 Å². The van der Waals surface area contributed by atoms with Crippen molar-refractivity contribution >= 4 is 5.91 Å². The van der Waals surface area contributed by atoms with Crippen LogP contribution in [0.3, 0.4) is 0 Å². The molecule has 0 aliphatic heterocycles. The lowest BCUT2D eigenvalue weighted by Crippen LogP contribution is -2.33. The van der Waals surface area contributed by atoms with E-state index >= 15 is 0 Å². The van der Waals surface area contributed by atoms with Crippen LogP contribution in [0.5, 0.6) is 0 Å². The molecule has 0 spiro atoms. The van der Waals surface area contributed by atoms with Crippen molar-refractivity contribution < 1.29 is 9.90 Å². The van der Waals surface area contributed by atoms with E-state index in [0.29, 0.717) is 5.82 Å². The van der Waals surface area contributed by atoms with E-state index in [9.17, 15) is 4.79 Å². The van der Waals surface area contributed by atoms with Gasteiger partial charge in [0, 0.05) is 12.5 Å². The van der Waals surface area contributed by atoms with Gasteiger partial charge >= 0.3 is 0 Å². The van der Waals surface area contributed by atoms with Gasteiger partial charge in [0.25, 0.3) is 0 Å². The summed E-state index contributed by atoms with van der Waals surface area (Å²) in [5.74, 6) is 0.627. The quantitative estimate of drug-likeness (QED) is 0.693. The Kier molecular flexibility index (Phi) is 4.36. The molecule has 1 heterocycles. The number of aliphatic hydroxyl groups excluding tert-OH is 1. The molecule has 1 aromatic heterocycles. The zero-order chi connectivity index (χ0) is 12.1. The third-order valence-electron chi connectivity index (χ3n) is 1.96. The van der Waals surface area contributed by atoms with E-state index < -0.39 is 6.10 Å². The van der Waals surface area contributed by atoms with Crippen molar-refractivity contribution in [2.24, 2.45) is 0 Å². The van der Waals surface area contributed by atoms with Gasteiger partial charge in [0.2, 0.25) is 5.91 Å². The number of aromatic nitrogens is 4. The van der Waals surface area contributed by atoms with E-state index in [2.05, 4.69) is 20.8 Å². The zero-order valence-corrected chi connectivity index (χ0v) is 9.71. The van der Waals surface area contributed by atoms with Crippen molar-refractivity contribution in [3.05, 3.63) is 5.82 Å². The molecule has 0 aliphatic carbocycles. The fourth-order valence-corrected chi connectivity index (χ4v) is 1.19. The van der Waals surface area contributed by atoms with Gasteiger partial charge < -0.3 is 10.4 Å². The van der Waals surface area contributed by atoms with Gasteiger partial charge in [-0.2, -0.15) is 0 Å². The van der Waals surface area contributed by atoms with Crippen LogP contribution in [0.4, 0.5) is 0 Å². The molecular formula is C9H17N5O2. The summed E-state index contributed by atoms with van der Waals surface area (Å²) < 4.78 is 1.46. The second-order valence-corrected chi connectivity index (χ2v) is 4.00. The number of aliphatic hydroxyl groups is 1. The van der Waals surface area contributed by atoms with Gasteiger partial charge in [-0.05, 0) is 17.4 Å². The highest BCUT2D eigenvalue weighted by molar-refractivity contribution is 5.75. The maximum absolute atomic E-state index is 11.5. The third kappa shape index (κ3) is 3.58. The standard InChI is InChI=1S/C9H17N5O2/c1-6(2)9-11-12-13-14(9)5-8(16)10-4-7(3)15/h6-7,15H,4-5H2,1-3H3,(H,10,16). The maximum Gasteiger partial charge on any atom is 0.241 e. The van der Waals surface area contributed by atoms with Crippen LogP contribution in [-0.2, 0) is 11.3 Å². The molecule has 2 N–H and O–H groups in total. The molecule has 7 nitrogen and oxygen atoms in total. The molecule has 0 saturated heterocycles. The van der Waals surface area contributed by atoms with Crippen LogP contribution in [-0.4, -0.2) is 43.9 Å². The van der Waals surface area contributed by atoms with Crippen molar-refractivity contribution in [3.63, 3.8) is 0 Å². The van der Waals surface area contributed by atoms with Gasteiger partial charge in [-0.1, -0.05) is 13.8 Å². The highest BCUT2D eigenvalue weighted by Crippen LogP contribution is 2.08. The normalized spacial score (nSPS) is 12.8. The Morgan fingerprint density at radius 1 is 1.50 bits per heavy atom. The summed E-state index contributed by atoms with van der Waals surface area (Å²) in [4.78, 5) is 11.5. The van der Waals surface area contributed by atoms with Crippen LogP contribution >= 0.6 is 0 Å². The van der Waals surface area contributed by atoms with Gasteiger partial charge in [0.15, 0.2) is 5.82 Å². The number of rotatable bonds is 5. The van der Waals surface area contributed by atoms with Gasteiger partial charge in [0.05, 0.1) is 6.10 Å². The number of nitrogens with zero attached hydrogens (tertiary/aromatic N) is 4. The van der Waals surface area contributed by atoms with Crippen LogP contribution in [0.1, 0.15) is 32.5 Å². The zero-order valence-electron chi connectivity index (χ0n) is 9.71. The Morgan fingerprint density at radius 2 is 2.19 bits per heavy atom. The van der Waals surface area contributed by atoms with Gasteiger partial charge in [-0.25, -0.2) is 4.68 Å². The second-order valence-electron chi connectivity index (χ2n) is 4.00. The largest absolute Gasteiger partial charge is 0.392 e. The summed E-state index contributed by atoms with van der Waals surface area (Å²) in [6.07, 6.45) is -0.553. The van der Waals surface area contributed by atoms with Gasteiger partial charge in [-0.3, -0.25) is 4.79 Å². The first kappa shape index (κ1) is 12.6. The number of nitrogens with one attached hydrogen (secondary N) is 1. The van der Waals surface area contributed by atoms with Gasteiger partial charge in [-0.15, -0.1) is 5.10 Å². The van der Waals surface area contributed by atoms with E-state index in [-0.39, 0.29) is 24.9 Å². The fraction of sp³-hybridized carbons (Fsp3) is 0.778. The average Bonchev–Trinajstić information content (AvgIpc) is 2.62. The molecule has 0 aromatic carbocycles. The summed E-state index contributed by atoms with van der Waals surface area (Å²) in [5.41, 5.74) is 0. The van der Waals surface area contributed by atoms with E-state index in [0.717, 1.165) is 0 Å². The first-order valence-electron chi connectivity index (χ1n) is 5.21. The van der Waals surface area contributed by atoms with Crippen molar-refractivity contribution in [3.8, 4) is 0 Å². The third-order valence-corrected chi connectivity index (χ3v) is 1.96. The van der Waals surface area contributed by atoms with E-state index in [1.165, 1.54) is 4.68 Å². The summed E-state index contributed by atoms with van der Waals surface area (Å²) in [7, 11) is 0. The highest BCUT2D eigenvalue weighted by Gasteiger charge is 2.13. The smallest absolute Gasteiger partial charge is 0.241 e. The minimum Gasteiger partial charge on any atom is -0.392 e. The molecule has 0 saturated carbocycles. The van der Waals surface area contributed by atoms with Crippen LogP contribution in [0.15, 0.2) is 0 Å². The molecule has 1 unspecified atom stereocenters. The summed E-state index contributed by atoms with van der Waals surface area (Å²) >= 11 is 0. The molecule has 1 aromatic rings. The minimum absolute atomic E-state index is 0.0766. The first-order chi connectivity index (χ1) is 7.50. The first-order valence-corrected chi connectivity index (χ1v) is 5.21. The number of amides is 1. The summed E-state index contributed by atoms with van der Waals surface area (Å²) in [5, 5.41) is 22.7. The molecule has 0 fully saturated rings. The van der Waals surface area contributed by atoms with Crippen LogP contribution in [0, 0.1) is 0 Å². The average molecular weight is 227 g/mol. The number of hydrogen-bond acceptors (Lipinski definition) is 5. The van der Waals surface area contributed by atoms with Crippen LogP contribution < -0.4 is 5.32 Å². The predicted molar refractivity (Wildman–Crippen MR) is 56.6 cm³/mol. The van der Waals surface area contributed by atoms with Crippen molar-refractivity contribution in [1.82, 2.24) is 25.5 Å². The van der Waals surface area contributed by atoms with E-state index in [1.54, 1.807) is 6.92 Å². The van der Waals surface area contributed by atoms with Gasteiger partial charge in [0.1, 0.15) is 6.54 Å². The lowest BCUT2D eigenvalue weighted by Gasteiger charge is -2.08. The molecule has 90 valence electrons. The summed E-state index contributed by atoms with van der Waals surface area (Å²) in [6.45, 7) is 5.83. The number of hydrogen-bond donors (Lipinski definition) is 2. The number of carbonyl (C=O) groups excluding carboxylic acids is 1. The Balaban J connectivity index is 2.53. The molecule has 0 bridgehead atoms. The number of tetrazole rings is 1. The lowest BCUT2D eigenvalue weighted by molar-refractivity contribution is -0.122. The maximum atomic E-state index is 11.5. The predicted octanol–water partition coefficient (Wildman–Crippen LogP) is -0.706. The van der Waals surface area contributed by atoms with Crippen molar-refractivity contribution in [2.75, 3.05) is 6.54 Å². The molecule has 1 amide bonds. The lowest BCUT2D eigenvalue weighted by atomic mass is 10.2. The molecule has 1 atom stereocenters. The Morgan fingerprint density at radius 3 is 2.75 bits per heavy atom. The highest BCUT2D eigenvalue weighted by atomic mass is 16.3. The summed E-state index contributed by atoms with van der Waals surface area (Å²) in [6, 6.07) is 0. The molecular weight excluding hydrogens is 210 g/mol. The topological polar surface area (TPSA) is 92.9 Å². The minimum atomic E-state index is -0.553. The molecule has 0 aliphatic rings. The second kappa shape index (κ2) is 5.55. The fourth-order valence-electron chi connectivity index (χ4n) is 1.19. The van der Waals surface area contributed by atoms with E-state index in [4.69, 9.17) is 5.11 Å². The molecule has 1 rings (SSSR count). The van der Waals surface area contributed by atoms with Crippen LogP contribution in [0.2, 0.25) is 0 Å². The van der Waals surface area contributed by atoms with Crippen molar-refractivity contribution in [2.45, 2.75) is 39.3 Å². The van der Waals surface area contributed by atoms with Crippen molar-refractivity contribution in [1.29, 1.82) is 0 Å². The SMILES string of the molecule is CC(O)CNC(=O)Cn1nnnc1C(C)C. The van der Waals surface area contributed by atoms with E-state index in [1.807, 2.05) is 13.8 Å². The monoisotopic (exact) mass is 227 g/mol.